The summed E-state index contributed by atoms with van der Waals surface area (Å²) in [6.45, 7) is 0.821. The number of amides is 1. The minimum atomic E-state index is -0.284. The Labute approximate surface area is 140 Å². The van der Waals surface area contributed by atoms with Crippen molar-refractivity contribution in [1.29, 1.82) is 0 Å². The second-order valence-electron chi connectivity index (χ2n) is 4.88. The molecule has 23 heavy (non-hydrogen) atoms. The SMILES string of the molecule is COCCOCC(=O)N[C@H](c1ccncc1)c1ccc(Cl)cc1. The monoisotopic (exact) mass is 334 g/mol. The number of hydrogen-bond donors (Lipinski definition) is 1. The molecule has 0 aliphatic carbocycles. The van der Waals surface area contributed by atoms with Crippen molar-refractivity contribution in [3.8, 4) is 0 Å². The quantitative estimate of drug-likeness (QED) is 0.754. The van der Waals surface area contributed by atoms with E-state index in [0.29, 0.717) is 18.2 Å². The fourth-order valence-electron chi connectivity index (χ4n) is 2.08. The molecular weight excluding hydrogens is 316 g/mol. The molecule has 0 spiro atoms. The summed E-state index contributed by atoms with van der Waals surface area (Å²) in [5, 5.41) is 3.62. The van der Waals surface area contributed by atoms with Crippen molar-refractivity contribution < 1.29 is 14.3 Å². The van der Waals surface area contributed by atoms with Crippen molar-refractivity contribution in [3.63, 3.8) is 0 Å². The first kappa shape index (κ1) is 17.4. The maximum absolute atomic E-state index is 12.1. The third-order valence-corrected chi connectivity index (χ3v) is 3.47. The van der Waals surface area contributed by atoms with E-state index in [2.05, 4.69) is 10.3 Å². The predicted molar refractivity (Wildman–Crippen MR) is 88.4 cm³/mol. The van der Waals surface area contributed by atoms with Crippen molar-refractivity contribution in [2.75, 3.05) is 26.9 Å². The van der Waals surface area contributed by atoms with Gasteiger partial charge in [0.1, 0.15) is 6.61 Å². The molecule has 2 aromatic rings. The number of methoxy groups -OCH3 is 1. The molecule has 1 N–H and O–H groups in total. The molecule has 1 aromatic carbocycles. The summed E-state index contributed by atoms with van der Waals surface area (Å²) in [5.74, 6) is -0.196. The number of aromatic nitrogens is 1. The molecule has 1 amide bonds. The van der Waals surface area contributed by atoms with Gasteiger partial charge in [0.15, 0.2) is 0 Å². The molecule has 1 atom stereocenters. The number of nitrogens with one attached hydrogen (secondary N) is 1. The number of rotatable bonds is 8. The van der Waals surface area contributed by atoms with Gasteiger partial charge in [-0.25, -0.2) is 0 Å². The molecule has 0 unspecified atom stereocenters. The van der Waals surface area contributed by atoms with Crippen LogP contribution in [0.4, 0.5) is 0 Å². The lowest BCUT2D eigenvalue weighted by atomic mass is 10.00. The van der Waals surface area contributed by atoms with Gasteiger partial charge in [-0.15, -0.1) is 0 Å². The lowest BCUT2D eigenvalue weighted by Gasteiger charge is -2.20. The van der Waals surface area contributed by atoms with Crippen molar-refractivity contribution >= 4 is 17.5 Å². The highest BCUT2D eigenvalue weighted by atomic mass is 35.5. The number of halogens is 1. The summed E-state index contributed by atoms with van der Waals surface area (Å²) in [7, 11) is 1.59. The van der Waals surface area contributed by atoms with Crippen molar-refractivity contribution in [3.05, 3.63) is 64.9 Å². The van der Waals surface area contributed by atoms with Crippen LogP contribution in [-0.2, 0) is 14.3 Å². The molecule has 0 aliphatic rings. The smallest absolute Gasteiger partial charge is 0.246 e. The van der Waals surface area contributed by atoms with Gasteiger partial charge < -0.3 is 14.8 Å². The largest absolute Gasteiger partial charge is 0.382 e. The van der Waals surface area contributed by atoms with E-state index in [0.717, 1.165) is 11.1 Å². The fourth-order valence-corrected chi connectivity index (χ4v) is 2.21. The zero-order chi connectivity index (χ0) is 16.5. The molecule has 1 aromatic heterocycles. The standard InChI is InChI=1S/C17H19ClN2O3/c1-22-10-11-23-12-16(21)20-17(14-6-8-19-9-7-14)13-2-4-15(18)5-3-13/h2-9,17H,10-12H2,1H3,(H,20,21)/t17-/m0/s1. The molecule has 122 valence electrons. The summed E-state index contributed by atoms with van der Waals surface area (Å²) in [6, 6.07) is 10.8. The Morgan fingerprint density at radius 2 is 1.78 bits per heavy atom. The maximum Gasteiger partial charge on any atom is 0.246 e. The molecule has 0 saturated carbocycles. The van der Waals surface area contributed by atoms with Gasteiger partial charge in [0, 0.05) is 24.5 Å². The fraction of sp³-hybridized carbons (Fsp3) is 0.294. The molecule has 0 bridgehead atoms. The first-order valence-corrected chi connectivity index (χ1v) is 7.60. The molecule has 5 nitrogen and oxygen atoms in total. The summed E-state index contributed by atoms with van der Waals surface area (Å²) in [5.41, 5.74) is 1.87. The van der Waals surface area contributed by atoms with Crippen LogP contribution in [0.2, 0.25) is 5.02 Å². The number of benzene rings is 1. The minimum Gasteiger partial charge on any atom is -0.382 e. The number of hydrogen-bond acceptors (Lipinski definition) is 4. The molecule has 2 rings (SSSR count). The summed E-state index contributed by atoms with van der Waals surface area (Å²) in [6.07, 6.45) is 3.39. The number of pyridine rings is 1. The van der Waals surface area contributed by atoms with Gasteiger partial charge in [-0.3, -0.25) is 9.78 Å². The highest BCUT2D eigenvalue weighted by Crippen LogP contribution is 2.23. The molecule has 0 fully saturated rings. The lowest BCUT2D eigenvalue weighted by Crippen LogP contribution is -2.32. The summed E-state index contributed by atoms with van der Waals surface area (Å²) >= 11 is 5.94. The van der Waals surface area contributed by atoms with Crippen LogP contribution in [0.5, 0.6) is 0 Å². The molecule has 0 radical (unpaired) electrons. The molecule has 1 heterocycles. The Morgan fingerprint density at radius 1 is 1.13 bits per heavy atom. The second-order valence-corrected chi connectivity index (χ2v) is 5.31. The first-order chi connectivity index (χ1) is 11.2. The van der Waals surface area contributed by atoms with Crippen LogP contribution in [0, 0.1) is 0 Å². The van der Waals surface area contributed by atoms with Gasteiger partial charge in [0.25, 0.3) is 0 Å². The number of carbonyl (C=O) groups is 1. The van der Waals surface area contributed by atoms with Gasteiger partial charge in [-0.05, 0) is 35.4 Å². The number of carbonyl (C=O) groups excluding carboxylic acids is 1. The van der Waals surface area contributed by atoms with E-state index in [1.165, 1.54) is 0 Å². The number of nitrogens with zero attached hydrogens (tertiary/aromatic N) is 1. The Bertz CT molecular complexity index is 605. The molecule has 6 heteroatoms. The predicted octanol–water partition coefficient (Wildman–Crippen LogP) is 2.60. The van der Waals surface area contributed by atoms with Gasteiger partial charge >= 0.3 is 0 Å². The van der Waals surface area contributed by atoms with Gasteiger partial charge in [-0.2, -0.15) is 0 Å². The van der Waals surface area contributed by atoms with Crippen LogP contribution >= 0.6 is 11.6 Å². The summed E-state index contributed by atoms with van der Waals surface area (Å²) in [4.78, 5) is 16.1. The average Bonchev–Trinajstić information content (AvgIpc) is 2.58. The Balaban J connectivity index is 2.08. The van der Waals surface area contributed by atoms with E-state index in [1.54, 1.807) is 31.6 Å². The average molecular weight is 335 g/mol. The third kappa shape index (κ3) is 5.63. The van der Waals surface area contributed by atoms with E-state index < -0.39 is 0 Å². The molecule has 0 aliphatic heterocycles. The normalized spacial score (nSPS) is 11.9. The van der Waals surface area contributed by atoms with Gasteiger partial charge in [0.2, 0.25) is 5.91 Å². The van der Waals surface area contributed by atoms with Gasteiger partial charge in [0.05, 0.1) is 19.3 Å². The maximum atomic E-state index is 12.1. The highest BCUT2D eigenvalue weighted by Gasteiger charge is 2.16. The number of ether oxygens (including phenoxy) is 2. The topological polar surface area (TPSA) is 60.5 Å². The minimum absolute atomic E-state index is 0.0153. The van der Waals surface area contributed by atoms with Crippen molar-refractivity contribution in [2.45, 2.75) is 6.04 Å². The zero-order valence-corrected chi connectivity index (χ0v) is 13.6. The van der Waals surface area contributed by atoms with Crippen molar-refractivity contribution in [1.82, 2.24) is 10.3 Å². The highest BCUT2D eigenvalue weighted by molar-refractivity contribution is 6.30. The van der Waals surface area contributed by atoms with E-state index in [-0.39, 0.29) is 18.6 Å². The van der Waals surface area contributed by atoms with E-state index in [9.17, 15) is 4.79 Å². The van der Waals surface area contributed by atoms with Crippen LogP contribution < -0.4 is 5.32 Å². The van der Waals surface area contributed by atoms with Crippen LogP contribution in [0.25, 0.3) is 0 Å². The van der Waals surface area contributed by atoms with Gasteiger partial charge in [-0.1, -0.05) is 23.7 Å². The van der Waals surface area contributed by atoms with E-state index >= 15 is 0 Å². The Kier molecular flexibility index (Phi) is 7.00. The third-order valence-electron chi connectivity index (χ3n) is 3.21. The van der Waals surface area contributed by atoms with E-state index in [4.69, 9.17) is 21.1 Å². The van der Waals surface area contributed by atoms with Crippen LogP contribution in [-0.4, -0.2) is 37.8 Å². The van der Waals surface area contributed by atoms with E-state index in [1.807, 2.05) is 24.3 Å². The first-order valence-electron chi connectivity index (χ1n) is 7.22. The lowest BCUT2D eigenvalue weighted by molar-refractivity contribution is -0.126. The summed E-state index contributed by atoms with van der Waals surface area (Å²) < 4.78 is 10.1. The van der Waals surface area contributed by atoms with Crippen molar-refractivity contribution in [2.24, 2.45) is 0 Å². The Morgan fingerprint density at radius 3 is 2.43 bits per heavy atom. The van der Waals surface area contributed by atoms with Crippen LogP contribution in [0.15, 0.2) is 48.8 Å². The molecular formula is C17H19ClN2O3. The molecule has 0 saturated heterocycles. The van der Waals surface area contributed by atoms with Crippen LogP contribution in [0.3, 0.4) is 0 Å². The van der Waals surface area contributed by atoms with Crippen LogP contribution in [0.1, 0.15) is 17.2 Å². The zero-order valence-electron chi connectivity index (χ0n) is 12.9. The second kappa shape index (κ2) is 9.25. The Hall–Kier alpha value is -1.95.